The Morgan fingerprint density at radius 2 is 1.54 bits per heavy atom. The molecule has 196 valence electrons. The Morgan fingerprint density at radius 3 is 2.14 bits per heavy atom. The molecule has 3 aromatic rings. The van der Waals surface area contributed by atoms with Gasteiger partial charge in [0.25, 0.3) is 6.29 Å². The summed E-state index contributed by atoms with van der Waals surface area (Å²) in [5, 5.41) is 4.14. The number of aromatic nitrogens is 2. The van der Waals surface area contributed by atoms with Gasteiger partial charge in [-0.3, -0.25) is 0 Å². The number of benzene rings is 2. The summed E-state index contributed by atoms with van der Waals surface area (Å²) in [5.41, 5.74) is 3.85. The molecule has 0 N–H and O–H groups in total. The minimum absolute atomic E-state index is 0.242. The van der Waals surface area contributed by atoms with Crippen LogP contribution in [0.25, 0.3) is 22.5 Å². The topological polar surface area (TPSA) is 84.3 Å². The fourth-order valence-electron chi connectivity index (χ4n) is 4.29. The molecule has 0 amide bonds. The minimum Gasteiger partial charge on any atom is -0.376 e. The van der Waals surface area contributed by atoms with Gasteiger partial charge in [0.1, 0.15) is 12.2 Å². The first-order valence-electron chi connectivity index (χ1n) is 12.2. The van der Waals surface area contributed by atoms with Crippen LogP contribution >= 0.6 is 11.8 Å². The first-order chi connectivity index (χ1) is 18.1. The molecule has 0 radical (unpaired) electrons. The van der Waals surface area contributed by atoms with E-state index in [9.17, 15) is 0 Å². The van der Waals surface area contributed by atoms with Gasteiger partial charge in [0, 0.05) is 49.2 Å². The van der Waals surface area contributed by atoms with Crippen LogP contribution in [0.15, 0.2) is 71.0 Å². The highest BCUT2D eigenvalue weighted by Crippen LogP contribution is 2.28. The number of hydrogen-bond acceptors (Lipinski definition) is 9. The highest BCUT2D eigenvalue weighted by molar-refractivity contribution is 7.98. The number of thioether (sulfide) groups is 1. The highest BCUT2D eigenvalue weighted by atomic mass is 32.2. The maximum Gasteiger partial charge on any atom is 0.256 e. The van der Waals surface area contributed by atoms with Crippen molar-refractivity contribution in [3.05, 3.63) is 66.5 Å². The summed E-state index contributed by atoms with van der Waals surface area (Å²) in [5.74, 6) is 0.659. The van der Waals surface area contributed by atoms with Crippen molar-refractivity contribution < 1.29 is 23.8 Å². The van der Waals surface area contributed by atoms with E-state index in [1.54, 1.807) is 32.2 Å². The Kier molecular flexibility index (Phi) is 9.65. The molecular weight excluding hydrogens is 490 g/mol. The van der Waals surface area contributed by atoms with Crippen LogP contribution < -0.4 is 0 Å². The number of nitrogens with zero attached hydrogens (tertiary/aromatic N) is 3. The van der Waals surface area contributed by atoms with Gasteiger partial charge in [0.15, 0.2) is 11.9 Å². The summed E-state index contributed by atoms with van der Waals surface area (Å²) in [6, 6.07) is 16.1. The molecule has 2 heterocycles. The lowest BCUT2D eigenvalue weighted by Gasteiger charge is -2.42. The second-order valence-corrected chi connectivity index (χ2v) is 9.40. The van der Waals surface area contributed by atoms with Gasteiger partial charge in [-0.25, -0.2) is 9.97 Å². The molecule has 37 heavy (non-hydrogen) atoms. The van der Waals surface area contributed by atoms with Gasteiger partial charge in [-0.1, -0.05) is 41.6 Å². The third-order valence-electron chi connectivity index (χ3n) is 6.24. The van der Waals surface area contributed by atoms with Crippen LogP contribution in [0.1, 0.15) is 19.4 Å². The lowest BCUT2D eigenvalue weighted by molar-refractivity contribution is -0.308. The number of hydrogen-bond donors (Lipinski definition) is 0. The molecule has 2 aromatic carbocycles. The third kappa shape index (κ3) is 6.55. The molecule has 8 nitrogen and oxygen atoms in total. The first-order valence-corrected chi connectivity index (χ1v) is 13.4. The van der Waals surface area contributed by atoms with E-state index in [1.807, 2.05) is 50.5 Å². The van der Waals surface area contributed by atoms with Gasteiger partial charge < -0.3 is 23.8 Å². The molecule has 4 rings (SSSR count). The van der Waals surface area contributed by atoms with Crippen molar-refractivity contribution in [2.75, 3.05) is 27.1 Å². The van der Waals surface area contributed by atoms with Gasteiger partial charge in [-0.05, 0) is 43.4 Å². The number of oxime groups is 1. The van der Waals surface area contributed by atoms with Gasteiger partial charge in [-0.2, -0.15) is 0 Å². The molecular formula is C28H33N3O5S. The Morgan fingerprint density at radius 1 is 0.892 bits per heavy atom. The lowest BCUT2D eigenvalue weighted by Crippen LogP contribution is -2.59. The highest BCUT2D eigenvalue weighted by Gasteiger charge is 2.47. The standard InChI is InChI=1S/C28H33N3O5S/c1-6-34-25-24(32-3)18(2)35-28(26(25)33-4)36-31-15-19-7-9-21(10-8-19)27-29-16-22(17-30-27)20-11-13-23(37-5)14-12-20/h7-18,24-26,28H,6H2,1-5H3/b31-15+/t18-,24-,25+,26+,28-/m0/s1. The Labute approximate surface area is 222 Å². The number of rotatable bonds is 10. The third-order valence-corrected chi connectivity index (χ3v) is 6.98. The average molecular weight is 524 g/mol. The predicted molar refractivity (Wildman–Crippen MR) is 145 cm³/mol. The summed E-state index contributed by atoms with van der Waals surface area (Å²) in [7, 11) is 3.23. The van der Waals surface area contributed by atoms with Crippen LogP contribution in [0.5, 0.6) is 0 Å². The predicted octanol–water partition coefficient (Wildman–Crippen LogP) is 5.06. The molecule has 0 saturated carbocycles. The lowest BCUT2D eigenvalue weighted by atomic mass is 9.99. The van der Waals surface area contributed by atoms with Gasteiger partial charge in [0.05, 0.1) is 12.3 Å². The molecule has 1 aromatic heterocycles. The molecule has 1 fully saturated rings. The molecule has 0 bridgehead atoms. The van der Waals surface area contributed by atoms with Gasteiger partial charge in [-0.15, -0.1) is 11.8 Å². The smallest absolute Gasteiger partial charge is 0.256 e. The SMILES string of the molecule is CCO[C@@H]1[C@@H](OC)[C@H](C)O[C@@H](O/N=C/c2ccc(-c3ncc(-c4ccc(SC)cc4)cn3)cc2)[C@@H]1OC. The average Bonchev–Trinajstić information content (AvgIpc) is 2.94. The normalized spacial score (nSPS) is 23.9. The fourth-order valence-corrected chi connectivity index (χ4v) is 4.70. The monoisotopic (exact) mass is 523 g/mol. The maximum absolute atomic E-state index is 5.95. The summed E-state index contributed by atoms with van der Waals surface area (Å²) in [4.78, 5) is 16.0. The second kappa shape index (κ2) is 13.1. The summed E-state index contributed by atoms with van der Waals surface area (Å²) in [6.07, 6.45) is 5.35. The van der Waals surface area contributed by atoms with Crippen molar-refractivity contribution in [1.29, 1.82) is 0 Å². The zero-order valence-electron chi connectivity index (χ0n) is 21.7. The largest absolute Gasteiger partial charge is 0.376 e. The van der Waals surface area contributed by atoms with E-state index in [0.29, 0.717) is 12.4 Å². The van der Waals surface area contributed by atoms with Crippen LogP contribution in [0.3, 0.4) is 0 Å². The van der Waals surface area contributed by atoms with E-state index in [-0.39, 0.29) is 18.3 Å². The maximum atomic E-state index is 5.95. The minimum atomic E-state index is -0.720. The number of ether oxygens (including phenoxy) is 4. The Bertz CT molecular complexity index is 1140. The van der Waals surface area contributed by atoms with E-state index in [0.717, 1.165) is 22.3 Å². The van der Waals surface area contributed by atoms with Crippen LogP contribution in [0.2, 0.25) is 0 Å². The number of methoxy groups -OCH3 is 2. The van der Waals surface area contributed by atoms with E-state index >= 15 is 0 Å². The van der Waals surface area contributed by atoms with E-state index in [1.165, 1.54) is 4.90 Å². The van der Waals surface area contributed by atoms with Crippen molar-refractivity contribution in [1.82, 2.24) is 9.97 Å². The summed E-state index contributed by atoms with van der Waals surface area (Å²) in [6.45, 7) is 4.37. The Balaban J connectivity index is 1.39. The van der Waals surface area contributed by atoms with E-state index < -0.39 is 12.4 Å². The molecule has 5 atom stereocenters. The molecule has 0 aliphatic carbocycles. The van der Waals surface area contributed by atoms with Crippen molar-refractivity contribution in [3.8, 4) is 22.5 Å². The summed E-state index contributed by atoms with van der Waals surface area (Å²) < 4.78 is 23.0. The van der Waals surface area contributed by atoms with Crippen molar-refractivity contribution in [3.63, 3.8) is 0 Å². The molecule has 1 aliphatic heterocycles. The second-order valence-electron chi connectivity index (χ2n) is 8.52. The Hall–Kier alpha value is -2.82. The van der Waals surface area contributed by atoms with Crippen LogP contribution in [-0.4, -0.2) is 74.0 Å². The zero-order valence-corrected chi connectivity index (χ0v) is 22.6. The van der Waals surface area contributed by atoms with Gasteiger partial charge in [0.2, 0.25) is 0 Å². The molecule has 9 heteroatoms. The van der Waals surface area contributed by atoms with Crippen molar-refractivity contribution >= 4 is 18.0 Å². The van der Waals surface area contributed by atoms with Crippen molar-refractivity contribution in [2.24, 2.45) is 5.16 Å². The van der Waals surface area contributed by atoms with E-state index in [2.05, 4.69) is 45.6 Å². The van der Waals surface area contributed by atoms with Crippen LogP contribution in [-0.2, 0) is 23.8 Å². The quantitative estimate of drug-likeness (QED) is 0.207. The van der Waals surface area contributed by atoms with Gasteiger partial charge >= 0.3 is 0 Å². The summed E-state index contributed by atoms with van der Waals surface area (Å²) >= 11 is 1.72. The van der Waals surface area contributed by atoms with Crippen molar-refractivity contribution in [2.45, 2.75) is 49.4 Å². The van der Waals surface area contributed by atoms with Crippen LogP contribution in [0.4, 0.5) is 0 Å². The molecule has 0 unspecified atom stereocenters. The molecule has 1 aliphatic rings. The first kappa shape index (κ1) is 27.2. The van der Waals surface area contributed by atoms with E-state index in [4.69, 9.17) is 23.8 Å². The fraction of sp³-hybridized carbons (Fsp3) is 0.393. The molecule has 1 saturated heterocycles. The molecule has 0 spiro atoms. The van der Waals surface area contributed by atoms with Crippen LogP contribution in [0, 0.1) is 0 Å². The zero-order chi connectivity index (χ0) is 26.2.